The second-order valence-electron chi connectivity index (χ2n) is 4.56. The topological polar surface area (TPSA) is 49.7 Å². The first kappa shape index (κ1) is 12.8. The van der Waals surface area contributed by atoms with E-state index in [4.69, 9.17) is 21.4 Å². The first-order chi connectivity index (χ1) is 8.10. The van der Waals surface area contributed by atoms with E-state index in [1.54, 1.807) is 0 Å². The van der Waals surface area contributed by atoms with Crippen molar-refractivity contribution in [3.8, 4) is 0 Å². The number of benzene rings is 1. The maximum Gasteiger partial charge on any atom is 0.0854 e. The zero-order chi connectivity index (χ0) is 12.4. The number of halogens is 1. The van der Waals surface area contributed by atoms with Crippen molar-refractivity contribution in [3.63, 3.8) is 0 Å². The molecule has 3 atom stereocenters. The van der Waals surface area contributed by atoms with Crippen molar-refractivity contribution in [2.75, 3.05) is 6.61 Å². The summed E-state index contributed by atoms with van der Waals surface area (Å²) in [5.74, 6) is 0. The average molecular weight is 257 g/mol. The minimum Gasteiger partial charge on any atom is -0.394 e. The van der Waals surface area contributed by atoms with Crippen molar-refractivity contribution in [3.05, 3.63) is 34.3 Å². The van der Waals surface area contributed by atoms with E-state index in [2.05, 4.69) is 0 Å². The molecule has 0 aliphatic carbocycles. The molecule has 3 nitrogen and oxygen atoms in total. The fourth-order valence-corrected chi connectivity index (χ4v) is 2.31. The van der Waals surface area contributed by atoms with Crippen LogP contribution in [0.4, 0.5) is 0 Å². The highest BCUT2D eigenvalue weighted by atomic mass is 35.5. The molecular formula is C13H17ClO3. The van der Waals surface area contributed by atoms with Crippen LogP contribution >= 0.6 is 11.6 Å². The van der Waals surface area contributed by atoms with Gasteiger partial charge in [-0.25, -0.2) is 0 Å². The summed E-state index contributed by atoms with van der Waals surface area (Å²) in [6.07, 6.45) is 0.213. The quantitative estimate of drug-likeness (QED) is 0.853. The van der Waals surface area contributed by atoms with Crippen molar-refractivity contribution < 1.29 is 14.9 Å². The van der Waals surface area contributed by atoms with Gasteiger partial charge in [-0.2, -0.15) is 0 Å². The van der Waals surface area contributed by atoms with Crippen LogP contribution in [-0.2, 0) is 4.74 Å². The maximum atomic E-state index is 9.75. The SMILES string of the molecule is Cc1cc(C2CC(O)CC(CO)O2)ccc1Cl. The van der Waals surface area contributed by atoms with Gasteiger partial charge in [0.25, 0.3) is 0 Å². The molecule has 1 aliphatic rings. The second kappa shape index (κ2) is 5.36. The predicted molar refractivity (Wildman–Crippen MR) is 66.1 cm³/mol. The molecule has 2 N–H and O–H groups in total. The summed E-state index contributed by atoms with van der Waals surface area (Å²) in [6.45, 7) is 1.88. The van der Waals surface area contributed by atoms with Crippen molar-refractivity contribution in [1.82, 2.24) is 0 Å². The van der Waals surface area contributed by atoms with Crippen LogP contribution in [0, 0.1) is 6.92 Å². The van der Waals surface area contributed by atoms with Crippen molar-refractivity contribution in [2.45, 2.75) is 38.1 Å². The summed E-state index contributed by atoms with van der Waals surface area (Å²) in [4.78, 5) is 0. The van der Waals surface area contributed by atoms with E-state index in [1.165, 1.54) is 0 Å². The summed E-state index contributed by atoms with van der Waals surface area (Å²) in [6, 6.07) is 5.72. The molecule has 0 amide bonds. The minimum absolute atomic E-state index is 0.0554. The number of rotatable bonds is 2. The Morgan fingerprint density at radius 2 is 2.18 bits per heavy atom. The highest BCUT2D eigenvalue weighted by Gasteiger charge is 2.28. The molecule has 2 rings (SSSR count). The first-order valence-corrected chi connectivity index (χ1v) is 6.18. The van der Waals surface area contributed by atoms with Crippen LogP contribution in [0.25, 0.3) is 0 Å². The summed E-state index contributed by atoms with van der Waals surface area (Å²) in [5, 5.41) is 19.6. The Hall–Kier alpha value is -0.610. The summed E-state index contributed by atoms with van der Waals surface area (Å²) in [5.41, 5.74) is 2.00. The highest BCUT2D eigenvalue weighted by molar-refractivity contribution is 6.31. The smallest absolute Gasteiger partial charge is 0.0854 e. The lowest BCUT2D eigenvalue weighted by molar-refractivity contribution is -0.113. The Labute approximate surface area is 106 Å². The molecular weight excluding hydrogens is 240 g/mol. The van der Waals surface area contributed by atoms with Crippen molar-refractivity contribution >= 4 is 11.6 Å². The van der Waals surface area contributed by atoms with Gasteiger partial charge in [0.1, 0.15) is 0 Å². The van der Waals surface area contributed by atoms with E-state index in [0.29, 0.717) is 12.8 Å². The van der Waals surface area contributed by atoms with Crippen LogP contribution in [0.15, 0.2) is 18.2 Å². The second-order valence-corrected chi connectivity index (χ2v) is 4.97. The number of ether oxygens (including phenoxy) is 1. The third kappa shape index (κ3) is 2.99. The third-order valence-corrected chi connectivity index (χ3v) is 3.56. The van der Waals surface area contributed by atoms with Crippen molar-refractivity contribution in [2.24, 2.45) is 0 Å². The zero-order valence-corrected chi connectivity index (χ0v) is 10.5. The van der Waals surface area contributed by atoms with Crippen LogP contribution in [0.3, 0.4) is 0 Å². The van der Waals surface area contributed by atoms with Gasteiger partial charge < -0.3 is 14.9 Å². The van der Waals surface area contributed by atoms with E-state index < -0.39 is 6.10 Å². The minimum atomic E-state index is -0.415. The fraction of sp³-hybridized carbons (Fsp3) is 0.538. The van der Waals surface area contributed by atoms with Gasteiger partial charge in [0, 0.05) is 17.9 Å². The standard InChI is InChI=1S/C13H17ClO3/c1-8-4-9(2-3-12(8)14)13-6-10(16)5-11(7-15)17-13/h2-4,10-11,13,15-16H,5-7H2,1H3. The van der Waals surface area contributed by atoms with E-state index in [9.17, 15) is 5.11 Å². The molecule has 0 spiro atoms. The maximum absolute atomic E-state index is 9.75. The van der Waals surface area contributed by atoms with E-state index in [-0.39, 0.29) is 18.8 Å². The Bertz CT molecular complexity index is 394. The monoisotopic (exact) mass is 256 g/mol. The molecule has 1 aromatic carbocycles. The fourth-order valence-electron chi connectivity index (χ4n) is 2.19. The molecule has 4 heteroatoms. The van der Waals surface area contributed by atoms with Crippen LogP contribution < -0.4 is 0 Å². The van der Waals surface area contributed by atoms with Gasteiger partial charge in [0.15, 0.2) is 0 Å². The molecule has 3 unspecified atom stereocenters. The molecule has 0 saturated carbocycles. The molecule has 1 saturated heterocycles. The molecule has 0 bridgehead atoms. The van der Waals surface area contributed by atoms with Gasteiger partial charge in [-0.15, -0.1) is 0 Å². The molecule has 1 fully saturated rings. The molecule has 17 heavy (non-hydrogen) atoms. The van der Waals surface area contributed by atoms with Gasteiger partial charge in [0.2, 0.25) is 0 Å². The number of aliphatic hydroxyl groups is 2. The lowest BCUT2D eigenvalue weighted by atomic mass is 9.95. The predicted octanol–water partition coefficient (Wildman–Crippen LogP) is 2.22. The van der Waals surface area contributed by atoms with Crippen LogP contribution in [-0.4, -0.2) is 29.0 Å². The lowest BCUT2D eigenvalue weighted by Crippen LogP contribution is -2.33. The molecule has 0 radical (unpaired) electrons. The first-order valence-electron chi connectivity index (χ1n) is 5.80. The Balaban J connectivity index is 2.17. The van der Waals surface area contributed by atoms with E-state index in [0.717, 1.165) is 16.1 Å². The molecule has 1 aliphatic heterocycles. The normalized spacial score (nSPS) is 29.3. The summed E-state index contributed by atoms with van der Waals surface area (Å²) < 4.78 is 5.73. The number of hydrogen-bond acceptors (Lipinski definition) is 3. The van der Waals surface area contributed by atoms with Gasteiger partial charge in [-0.1, -0.05) is 23.7 Å². The highest BCUT2D eigenvalue weighted by Crippen LogP contribution is 2.32. The van der Waals surface area contributed by atoms with Gasteiger partial charge >= 0.3 is 0 Å². The molecule has 1 aromatic rings. The van der Waals surface area contributed by atoms with E-state index >= 15 is 0 Å². The number of hydrogen-bond donors (Lipinski definition) is 2. The summed E-state index contributed by atoms with van der Waals surface area (Å²) >= 11 is 5.97. The van der Waals surface area contributed by atoms with E-state index in [1.807, 2.05) is 25.1 Å². The Morgan fingerprint density at radius 1 is 1.41 bits per heavy atom. The zero-order valence-electron chi connectivity index (χ0n) is 9.77. The van der Waals surface area contributed by atoms with Crippen LogP contribution in [0.1, 0.15) is 30.1 Å². The van der Waals surface area contributed by atoms with Gasteiger partial charge in [-0.05, 0) is 24.1 Å². The number of aliphatic hydroxyl groups excluding tert-OH is 2. The largest absolute Gasteiger partial charge is 0.394 e. The lowest BCUT2D eigenvalue weighted by Gasteiger charge is -2.32. The van der Waals surface area contributed by atoms with Crippen LogP contribution in [0.2, 0.25) is 5.02 Å². The number of aryl methyl sites for hydroxylation is 1. The van der Waals surface area contributed by atoms with Crippen LogP contribution in [0.5, 0.6) is 0 Å². The summed E-state index contributed by atoms with van der Waals surface area (Å²) in [7, 11) is 0. The van der Waals surface area contributed by atoms with Gasteiger partial charge in [0.05, 0.1) is 24.9 Å². The van der Waals surface area contributed by atoms with Gasteiger partial charge in [-0.3, -0.25) is 0 Å². The molecule has 1 heterocycles. The Kier molecular flexibility index (Phi) is 4.05. The third-order valence-electron chi connectivity index (χ3n) is 3.14. The average Bonchev–Trinajstić information content (AvgIpc) is 2.32. The van der Waals surface area contributed by atoms with Crippen molar-refractivity contribution in [1.29, 1.82) is 0 Å². The molecule has 94 valence electrons. The molecule has 0 aromatic heterocycles. The Morgan fingerprint density at radius 3 is 2.82 bits per heavy atom.